The first-order chi connectivity index (χ1) is 8.69. The van der Waals surface area contributed by atoms with E-state index in [0.717, 1.165) is 19.3 Å². The summed E-state index contributed by atoms with van der Waals surface area (Å²) in [4.78, 5) is 0. The second-order valence-electron chi connectivity index (χ2n) is 5.02. The molecule has 0 spiro atoms. The molecule has 3 nitrogen and oxygen atoms in total. The minimum Gasteiger partial charge on any atom is -0.396 e. The molecule has 3 heteroatoms. The number of hydrogen-bond donors (Lipinski definition) is 3. The Balaban J connectivity index is 2.68. The Morgan fingerprint density at radius 1 is 1.28 bits per heavy atom. The van der Waals surface area contributed by atoms with Crippen molar-refractivity contribution >= 4 is 0 Å². The zero-order valence-electron chi connectivity index (χ0n) is 11.5. The highest BCUT2D eigenvalue weighted by atomic mass is 16.3. The zero-order chi connectivity index (χ0) is 13.4. The van der Waals surface area contributed by atoms with Crippen molar-refractivity contribution in [2.45, 2.75) is 39.2 Å². The number of hydrogen-bond acceptors (Lipinski definition) is 3. The van der Waals surface area contributed by atoms with Crippen LogP contribution in [0.2, 0.25) is 0 Å². The fourth-order valence-electron chi connectivity index (χ4n) is 2.17. The molecule has 0 radical (unpaired) electrons. The van der Waals surface area contributed by atoms with Crippen LogP contribution in [-0.2, 0) is 0 Å². The Hall–Kier alpha value is -1.06. The van der Waals surface area contributed by atoms with E-state index < -0.39 is 0 Å². The van der Waals surface area contributed by atoms with Crippen molar-refractivity contribution < 1.29 is 5.11 Å². The summed E-state index contributed by atoms with van der Waals surface area (Å²) in [6.07, 6.45) is 13.0. The van der Waals surface area contributed by atoms with Gasteiger partial charge in [-0.25, -0.2) is 0 Å². The lowest BCUT2D eigenvalue weighted by molar-refractivity contribution is 0.192. The SMILES string of the molecule is CCC(N)CCC(C1=CC=CC=CN1)C(C)CO. The Labute approximate surface area is 110 Å². The molecule has 0 aromatic carbocycles. The van der Waals surface area contributed by atoms with E-state index >= 15 is 0 Å². The van der Waals surface area contributed by atoms with E-state index in [1.165, 1.54) is 5.70 Å². The largest absolute Gasteiger partial charge is 0.396 e. The van der Waals surface area contributed by atoms with Crippen LogP contribution in [0.15, 0.2) is 36.2 Å². The van der Waals surface area contributed by atoms with Crippen LogP contribution in [0.1, 0.15) is 33.1 Å². The average Bonchev–Trinajstić information content (AvgIpc) is 2.67. The van der Waals surface area contributed by atoms with E-state index in [0.29, 0.717) is 5.92 Å². The lowest BCUT2D eigenvalue weighted by atomic mass is 9.85. The van der Waals surface area contributed by atoms with E-state index in [4.69, 9.17) is 5.73 Å². The normalized spacial score (nSPS) is 19.7. The van der Waals surface area contributed by atoms with Gasteiger partial charge in [-0.3, -0.25) is 0 Å². The molecule has 1 rings (SSSR count). The summed E-state index contributed by atoms with van der Waals surface area (Å²) >= 11 is 0. The summed E-state index contributed by atoms with van der Waals surface area (Å²) in [7, 11) is 0. The van der Waals surface area contributed by atoms with Crippen molar-refractivity contribution in [1.82, 2.24) is 5.32 Å². The second kappa shape index (κ2) is 8.11. The number of aliphatic hydroxyl groups is 1. The molecule has 1 heterocycles. The highest BCUT2D eigenvalue weighted by Crippen LogP contribution is 2.25. The van der Waals surface area contributed by atoms with Crippen LogP contribution in [0, 0.1) is 11.8 Å². The topological polar surface area (TPSA) is 58.3 Å². The first-order valence-corrected chi connectivity index (χ1v) is 6.85. The minimum atomic E-state index is 0.207. The van der Waals surface area contributed by atoms with Crippen LogP contribution >= 0.6 is 0 Å². The third kappa shape index (κ3) is 4.67. The monoisotopic (exact) mass is 250 g/mol. The van der Waals surface area contributed by atoms with Crippen molar-refractivity contribution in [2.24, 2.45) is 17.6 Å². The molecule has 3 atom stereocenters. The summed E-state index contributed by atoms with van der Waals surface area (Å²) in [5.74, 6) is 0.577. The summed E-state index contributed by atoms with van der Waals surface area (Å²) in [6.45, 7) is 4.41. The van der Waals surface area contributed by atoms with E-state index in [1.54, 1.807) is 0 Å². The van der Waals surface area contributed by atoms with Crippen molar-refractivity contribution in [3.05, 3.63) is 36.2 Å². The highest BCUT2D eigenvalue weighted by molar-refractivity contribution is 5.23. The second-order valence-corrected chi connectivity index (χ2v) is 5.02. The number of rotatable bonds is 7. The molecule has 0 saturated carbocycles. The van der Waals surface area contributed by atoms with Gasteiger partial charge < -0.3 is 16.2 Å². The van der Waals surface area contributed by atoms with Crippen molar-refractivity contribution in [1.29, 1.82) is 0 Å². The van der Waals surface area contributed by atoms with Gasteiger partial charge in [0.15, 0.2) is 0 Å². The first-order valence-electron chi connectivity index (χ1n) is 6.85. The summed E-state index contributed by atoms with van der Waals surface area (Å²) in [5.41, 5.74) is 7.16. The van der Waals surface area contributed by atoms with Crippen molar-refractivity contribution in [3.63, 3.8) is 0 Å². The third-order valence-electron chi connectivity index (χ3n) is 3.59. The molecule has 0 fully saturated rings. The molecule has 1 aliphatic heterocycles. The molecule has 0 bridgehead atoms. The minimum absolute atomic E-state index is 0.207. The van der Waals surface area contributed by atoms with Gasteiger partial charge in [-0.15, -0.1) is 0 Å². The number of nitrogens with one attached hydrogen (secondary N) is 1. The molecule has 0 saturated heterocycles. The molecule has 0 aromatic heterocycles. The van der Waals surface area contributed by atoms with Crippen molar-refractivity contribution in [2.75, 3.05) is 6.61 Å². The standard InChI is InChI=1S/C15H26N2O/c1-3-13(16)8-9-14(12(2)11-18)15-7-5-4-6-10-17-15/h4-7,10,12-14,17-18H,3,8-9,11,16H2,1-2H3. The van der Waals surface area contributed by atoms with E-state index in [2.05, 4.69) is 25.2 Å². The van der Waals surface area contributed by atoms with Crippen LogP contribution in [-0.4, -0.2) is 17.8 Å². The molecule has 1 aliphatic rings. The molecule has 4 N–H and O–H groups in total. The average molecular weight is 250 g/mol. The third-order valence-corrected chi connectivity index (χ3v) is 3.59. The smallest absolute Gasteiger partial charge is 0.0463 e. The Kier molecular flexibility index (Phi) is 6.76. The fraction of sp³-hybridized carbons (Fsp3) is 0.600. The van der Waals surface area contributed by atoms with Gasteiger partial charge in [0.2, 0.25) is 0 Å². The predicted octanol–water partition coefficient (Wildman–Crippen LogP) is 2.31. The summed E-state index contributed by atoms with van der Waals surface area (Å²) in [6, 6.07) is 0.260. The first kappa shape index (κ1) is 15.0. The Morgan fingerprint density at radius 3 is 2.72 bits per heavy atom. The highest BCUT2D eigenvalue weighted by Gasteiger charge is 2.21. The molecular formula is C15H26N2O. The van der Waals surface area contributed by atoms with Gasteiger partial charge in [0, 0.05) is 30.5 Å². The van der Waals surface area contributed by atoms with Gasteiger partial charge >= 0.3 is 0 Å². The molecule has 0 amide bonds. The molecule has 3 unspecified atom stereocenters. The van der Waals surface area contributed by atoms with Crippen LogP contribution in [0.4, 0.5) is 0 Å². The number of nitrogens with two attached hydrogens (primary N) is 1. The number of allylic oxidation sites excluding steroid dienone is 5. The van der Waals surface area contributed by atoms with Crippen LogP contribution in [0.5, 0.6) is 0 Å². The zero-order valence-corrected chi connectivity index (χ0v) is 11.5. The van der Waals surface area contributed by atoms with Gasteiger partial charge in [0.25, 0.3) is 0 Å². The maximum atomic E-state index is 9.41. The Morgan fingerprint density at radius 2 is 2.06 bits per heavy atom. The van der Waals surface area contributed by atoms with Crippen LogP contribution in [0.25, 0.3) is 0 Å². The van der Waals surface area contributed by atoms with E-state index in [-0.39, 0.29) is 18.6 Å². The summed E-state index contributed by atoms with van der Waals surface area (Å²) in [5, 5.41) is 12.7. The lowest BCUT2D eigenvalue weighted by Gasteiger charge is -2.26. The lowest BCUT2D eigenvalue weighted by Crippen LogP contribution is -2.27. The molecule has 102 valence electrons. The molecule has 0 aromatic rings. The summed E-state index contributed by atoms with van der Waals surface area (Å²) < 4.78 is 0. The van der Waals surface area contributed by atoms with Gasteiger partial charge in [0.05, 0.1) is 0 Å². The maximum absolute atomic E-state index is 9.41. The van der Waals surface area contributed by atoms with Crippen LogP contribution in [0.3, 0.4) is 0 Å². The van der Waals surface area contributed by atoms with Gasteiger partial charge in [-0.1, -0.05) is 26.0 Å². The van der Waals surface area contributed by atoms with Gasteiger partial charge in [-0.2, -0.15) is 0 Å². The number of aliphatic hydroxyl groups excluding tert-OH is 1. The van der Waals surface area contributed by atoms with E-state index in [9.17, 15) is 5.11 Å². The van der Waals surface area contributed by atoms with Crippen LogP contribution < -0.4 is 11.1 Å². The molecule has 0 aliphatic carbocycles. The fourth-order valence-corrected chi connectivity index (χ4v) is 2.17. The van der Waals surface area contributed by atoms with Crippen molar-refractivity contribution in [3.8, 4) is 0 Å². The molecule has 18 heavy (non-hydrogen) atoms. The van der Waals surface area contributed by atoms with E-state index in [1.807, 2.05) is 24.4 Å². The predicted molar refractivity (Wildman–Crippen MR) is 76.7 cm³/mol. The Bertz CT molecular complexity index is 320. The van der Waals surface area contributed by atoms with Gasteiger partial charge in [-0.05, 0) is 37.3 Å². The van der Waals surface area contributed by atoms with Gasteiger partial charge in [0.1, 0.15) is 0 Å². The quantitative estimate of drug-likeness (QED) is 0.650. The molecular weight excluding hydrogens is 224 g/mol. The maximum Gasteiger partial charge on any atom is 0.0463 e.